The minimum atomic E-state index is -0.333. The molecule has 6 nitrogen and oxygen atoms in total. The van der Waals surface area contributed by atoms with E-state index in [0.717, 1.165) is 11.1 Å². The highest BCUT2D eigenvalue weighted by atomic mass is 16.5. The molecule has 0 saturated heterocycles. The number of amides is 2. The first-order valence-electron chi connectivity index (χ1n) is 8.41. The van der Waals surface area contributed by atoms with Gasteiger partial charge < -0.3 is 10.1 Å². The number of carbonyl (C=O) groups excluding carboxylic acids is 2. The molecule has 2 aromatic rings. The van der Waals surface area contributed by atoms with Crippen LogP contribution in [0.1, 0.15) is 24.0 Å². The van der Waals surface area contributed by atoms with Crippen molar-refractivity contribution in [1.29, 1.82) is 0 Å². The Balaban J connectivity index is 1.88. The molecule has 0 unspecified atom stereocenters. The van der Waals surface area contributed by atoms with Crippen LogP contribution in [0.5, 0.6) is 5.75 Å². The number of aryl methyl sites for hydroxylation is 2. The molecule has 1 aliphatic heterocycles. The number of nitrogens with zero attached hydrogens (tertiary/aromatic N) is 2. The van der Waals surface area contributed by atoms with Gasteiger partial charge in [-0.1, -0.05) is 24.3 Å². The Morgan fingerprint density at radius 2 is 1.92 bits per heavy atom. The number of benzene rings is 2. The lowest BCUT2D eigenvalue weighted by molar-refractivity contribution is -0.118. The van der Waals surface area contributed by atoms with Crippen molar-refractivity contribution >= 4 is 28.9 Å². The fraction of sp³-hybridized carbons (Fsp3) is 0.250. The van der Waals surface area contributed by atoms with E-state index in [4.69, 9.17) is 4.74 Å². The summed E-state index contributed by atoms with van der Waals surface area (Å²) in [5.74, 6) is 0.121. The third-order valence-corrected chi connectivity index (χ3v) is 4.24. The van der Waals surface area contributed by atoms with Gasteiger partial charge in [-0.25, -0.2) is 5.01 Å². The van der Waals surface area contributed by atoms with Gasteiger partial charge in [0, 0.05) is 12.8 Å². The summed E-state index contributed by atoms with van der Waals surface area (Å²) in [7, 11) is 1.55. The van der Waals surface area contributed by atoms with Crippen LogP contribution in [0, 0.1) is 13.8 Å². The average Bonchev–Trinajstić information content (AvgIpc) is 2.63. The van der Waals surface area contributed by atoms with Crippen molar-refractivity contribution in [3.05, 3.63) is 53.6 Å². The van der Waals surface area contributed by atoms with Gasteiger partial charge in [0.05, 0.1) is 18.5 Å². The minimum absolute atomic E-state index is 0.121. The molecule has 0 aromatic heterocycles. The van der Waals surface area contributed by atoms with Crippen LogP contribution >= 0.6 is 0 Å². The zero-order valence-electron chi connectivity index (χ0n) is 15.1. The van der Waals surface area contributed by atoms with E-state index in [1.54, 1.807) is 13.2 Å². The number of hydrogen-bond donors (Lipinski definition) is 1. The van der Waals surface area contributed by atoms with Gasteiger partial charge in [0.1, 0.15) is 11.5 Å². The molecule has 134 valence electrons. The highest BCUT2D eigenvalue weighted by Crippen LogP contribution is 2.27. The first-order valence-corrected chi connectivity index (χ1v) is 8.41. The van der Waals surface area contributed by atoms with E-state index in [0.29, 0.717) is 29.3 Å². The molecule has 2 aromatic carbocycles. The van der Waals surface area contributed by atoms with E-state index in [1.165, 1.54) is 5.01 Å². The van der Waals surface area contributed by atoms with E-state index in [1.807, 2.05) is 50.2 Å². The molecular weight excluding hydrogens is 330 g/mol. The second-order valence-corrected chi connectivity index (χ2v) is 6.20. The van der Waals surface area contributed by atoms with Gasteiger partial charge in [-0.3, -0.25) is 9.59 Å². The van der Waals surface area contributed by atoms with Crippen LogP contribution in [0.25, 0.3) is 0 Å². The van der Waals surface area contributed by atoms with E-state index in [2.05, 4.69) is 10.4 Å². The number of ether oxygens (including phenoxy) is 1. The molecule has 0 fully saturated rings. The Hall–Kier alpha value is -3.15. The van der Waals surface area contributed by atoms with Crippen molar-refractivity contribution in [1.82, 2.24) is 0 Å². The quantitative estimate of drug-likeness (QED) is 0.917. The monoisotopic (exact) mass is 351 g/mol. The fourth-order valence-corrected chi connectivity index (χ4v) is 2.82. The van der Waals surface area contributed by atoms with Gasteiger partial charge in [0.2, 0.25) is 5.91 Å². The molecular formula is C20H21N3O3. The Morgan fingerprint density at radius 3 is 2.65 bits per heavy atom. The van der Waals surface area contributed by atoms with E-state index < -0.39 is 0 Å². The van der Waals surface area contributed by atoms with Gasteiger partial charge in [-0.05, 0) is 43.2 Å². The van der Waals surface area contributed by atoms with Gasteiger partial charge in [-0.2, -0.15) is 5.10 Å². The maximum absolute atomic E-state index is 12.7. The van der Waals surface area contributed by atoms with Crippen LogP contribution in [0.4, 0.5) is 11.4 Å². The molecule has 0 saturated carbocycles. The van der Waals surface area contributed by atoms with Crippen LogP contribution < -0.4 is 15.1 Å². The van der Waals surface area contributed by atoms with Gasteiger partial charge >= 0.3 is 0 Å². The normalized spacial score (nSPS) is 14.0. The number of rotatable bonds is 4. The molecule has 0 radical (unpaired) electrons. The second-order valence-electron chi connectivity index (χ2n) is 6.20. The zero-order valence-corrected chi connectivity index (χ0v) is 15.1. The summed E-state index contributed by atoms with van der Waals surface area (Å²) in [6, 6.07) is 13.0. The van der Waals surface area contributed by atoms with E-state index >= 15 is 0 Å². The number of methoxy groups -OCH3 is 1. The van der Waals surface area contributed by atoms with Crippen molar-refractivity contribution < 1.29 is 14.3 Å². The van der Waals surface area contributed by atoms with Crippen LogP contribution in [0.2, 0.25) is 0 Å². The van der Waals surface area contributed by atoms with Crippen molar-refractivity contribution in [2.24, 2.45) is 5.10 Å². The Kier molecular flexibility index (Phi) is 5.02. The smallest absolute Gasteiger partial charge is 0.271 e. The summed E-state index contributed by atoms with van der Waals surface area (Å²) in [5, 5.41) is 8.48. The summed E-state index contributed by atoms with van der Waals surface area (Å²) in [6.07, 6.45) is 0.548. The minimum Gasteiger partial charge on any atom is -0.495 e. The molecule has 6 heteroatoms. The zero-order chi connectivity index (χ0) is 18.7. The number of hydrogen-bond acceptors (Lipinski definition) is 4. The number of anilines is 2. The number of para-hydroxylation sites is 1. The first kappa shape index (κ1) is 17.7. The maximum atomic E-state index is 12.7. The Bertz CT molecular complexity index is 890. The lowest BCUT2D eigenvalue weighted by Gasteiger charge is -2.24. The summed E-state index contributed by atoms with van der Waals surface area (Å²) in [6.45, 7) is 3.84. The Labute approximate surface area is 152 Å². The molecule has 3 rings (SSSR count). The SMILES string of the molecule is COc1ccc(C)cc1NC(=O)C1=NN(c2ccccc2C)C(=O)CC1. The summed E-state index contributed by atoms with van der Waals surface area (Å²) >= 11 is 0. The maximum Gasteiger partial charge on any atom is 0.271 e. The fourth-order valence-electron chi connectivity index (χ4n) is 2.82. The standard InChI is InChI=1S/C20H21N3O3/c1-13-8-10-18(26-3)16(12-13)21-20(25)15-9-11-19(24)23(22-15)17-7-5-4-6-14(17)2/h4-8,10,12H,9,11H2,1-3H3,(H,21,25). The third kappa shape index (κ3) is 3.59. The predicted octanol–water partition coefficient (Wildman–Crippen LogP) is 3.43. The van der Waals surface area contributed by atoms with Crippen LogP contribution in [-0.2, 0) is 9.59 Å². The third-order valence-electron chi connectivity index (χ3n) is 4.24. The Morgan fingerprint density at radius 1 is 1.15 bits per heavy atom. The summed E-state index contributed by atoms with van der Waals surface area (Å²) < 4.78 is 5.29. The lowest BCUT2D eigenvalue weighted by Crippen LogP contribution is -2.36. The number of nitrogens with one attached hydrogen (secondary N) is 1. The highest BCUT2D eigenvalue weighted by Gasteiger charge is 2.26. The van der Waals surface area contributed by atoms with E-state index in [9.17, 15) is 9.59 Å². The average molecular weight is 351 g/mol. The topological polar surface area (TPSA) is 71.0 Å². The molecule has 0 aliphatic carbocycles. The van der Waals surface area contributed by atoms with Crippen molar-refractivity contribution in [3.8, 4) is 5.75 Å². The highest BCUT2D eigenvalue weighted by molar-refractivity contribution is 6.44. The molecule has 1 N–H and O–H groups in total. The summed E-state index contributed by atoms with van der Waals surface area (Å²) in [4.78, 5) is 25.0. The van der Waals surface area contributed by atoms with Gasteiger partial charge in [-0.15, -0.1) is 0 Å². The van der Waals surface area contributed by atoms with Crippen molar-refractivity contribution in [2.45, 2.75) is 26.7 Å². The van der Waals surface area contributed by atoms with Crippen LogP contribution in [0.15, 0.2) is 47.6 Å². The summed E-state index contributed by atoms with van der Waals surface area (Å²) in [5.41, 5.74) is 3.52. The van der Waals surface area contributed by atoms with Gasteiger partial charge in [0.25, 0.3) is 5.91 Å². The number of carbonyl (C=O) groups is 2. The molecule has 0 spiro atoms. The molecule has 0 atom stereocenters. The van der Waals surface area contributed by atoms with Gasteiger partial charge in [0.15, 0.2) is 0 Å². The molecule has 26 heavy (non-hydrogen) atoms. The van der Waals surface area contributed by atoms with Crippen molar-refractivity contribution in [2.75, 3.05) is 17.4 Å². The van der Waals surface area contributed by atoms with Crippen LogP contribution in [0.3, 0.4) is 0 Å². The predicted molar refractivity (Wildman–Crippen MR) is 102 cm³/mol. The number of hydrazone groups is 1. The molecule has 2 amide bonds. The molecule has 1 aliphatic rings. The lowest BCUT2D eigenvalue weighted by atomic mass is 10.1. The second kappa shape index (κ2) is 7.39. The largest absolute Gasteiger partial charge is 0.495 e. The van der Waals surface area contributed by atoms with E-state index in [-0.39, 0.29) is 18.2 Å². The molecule has 0 bridgehead atoms. The van der Waals surface area contributed by atoms with Crippen LogP contribution in [-0.4, -0.2) is 24.6 Å². The first-order chi connectivity index (χ1) is 12.5. The molecule has 1 heterocycles. The van der Waals surface area contributed by atoms with Crippen molar-refractivity contribution in [3.63, 3.8) is 0 Å².